The number of ether oxygens (including phenoxy) is 1. The van der Waals surface area contributed by atoms with Crippen molar-refractivity contribution in [1.29, 1.82) is 0 Å². The van der Waals surface area contributed by atoms with Crippen LogP contribution in [0.5, 0.6) is 0 Å². The highest BCUT2D eigenvalue weighted by Gasteiger charge is 2.02. The SMILES string of the molecule is COCCNC(=O)Cn1cnccc1=O. The van der Waals surface area contributed by atoms with Gasteiger partial charge in [-0.2, -0.15) is 0 Å². The van der Waals surface area contributed by atoms with Gasteiger partial charge in [-0.15, -0.1) is 0 Å². The average molecular weight is 211 g/mol. The van der Waals surface area contributed by atoms with Crippen LogP contribution in [0.15, 0.2) is 23.4 Å². The second kappa shape index (κ2) is 5.92. The third-order valence-corrected chi connectivity index (χ3v) is 1.73. The largest absolute Gasteiger partial charge is 0.383 e. The maximum atomic E-state index is 11.3. The highest BCUT2D eigenvalue weighted by molar-refractivity contribution is 5.75. The van der Waals surface area contributed by atoms with Crippen molar-refractivity contribution in [2.45, 2.75) is 6.54 Å². The standard InChI is InChI=1S/C9H13N3O3/c1-15-5-4-11-8(13)6-12-7-10-3-2-9(12)14/h2-3,7H,4-6H2,1H3,(H,11,13). The van der Waals surface area contributed by atoms with Crippen LogP contribution >= 0.6 is 0 Å². The number of rotatable bonds is 5. The van der Waals surface area contributed by atoms with E-state index >= 15 is 0 Å². The van der Waals surface area contributed by atoms with E-state index in [0.29, 0.717) is 13.2 Å². The highest BCUT2D eigenvalue weighted by Crippen LogP contribution is 1.78. The lowest BCUT2D eigenvalue weighted by Gasteiger charge is -2.05. The van der Waals surface area contributed by atoms with Crippen molar-refractivity contribution in [2.24, 2.45) is 0 Å². The summed E-state index contributed by atoms with van der Waals surface area (Å²) in [6.07, 6.45) is 2.72. The number of nitrogens with zero attached hydrogens (tertiary/aromatic N) is 2. The Balaban J connectivity index is 2.45. The summed E-state index contributed by atoms with van der Waals surface area (Å²) in [6.45, 7) is 0.869. The molecule has 1 rings (SSSR count). The van der Waals surface area contributed by atoms with Gasteiger partial charge in [0.15, 0.2) is 0 Å². The zero-order chi connectivity index (χ0) is 11.1. The van der Waals surface area contributed by atoms with Gasteiger partial charge in [0.1, 0.15) is 6.54 Å². The number of carbonyl (C=O) groups excluding carboxylic acids is 1. The Morgan fingerprint density at radius 1 is 1.67 bits per heavy atom. The van der Waals surface area contributed by atoms with Gasteiger partial charge in [-0.3, -0.25) is 14.2 Å². The van der Waals surface area contributed by atoms with Gasteiger partial charge in [0.2, 0.25) is 5.91 Å². The Hall–Kier alpha value is -1.69. The third kappa shape index (κ3) is 3.90. The number of nitrogens with one attached hydrogen (secondary N) is 1. The van der Waals surface area contributed by atoms with Gasteiger partial charge in [0.05, 0.1) is 12.9 Å². The number of hydrogen-bond donors (Lipinski definition) is 1. The molecule has 0 unspecified atom stereocenters. The molecule has 15 heavy (non-hydrogen) atoms. The van der Waals surface area contributed by atoms with Crippen LogP contribution in [0.25, 0.3) is 0 Å². The van der Waals surface area contributed by atoms with Gasteiger partial charge in [-0.05, 0) is 0 Å². The monoisotopic (exact) mass is 211 g/mol. The van der Waals surface area contributed by atoms with Gasteiger partial charge >= 0.3 is 0 Å². The highest BCUT2D eigenvalue weighted by atomic mass is 16.5. The lowest BCUT2D eigenvalue weighted by atomic mass is 10.5. The zero-order valence-corrected chi connectivity index (χ0v) is 8.47. The van der Waals surface area contributed by atoms with Crippen LogP contribution < -0.4 is 10.9 Å². The van der Waals surface area contributed by atoms with Gasteiger partial charge < -0.3 is 10.1 Å². The van der Waals surface area contributed by atoms with Crippen molar-refractivity contribution in [3.8, 4) is 0 Å². The molecule has 0 atom stereocenters. The molecule has 0 radical (unpaired) electrons. The number of aromatic nitrogens is 2. The first-order chi connectivity index (χ1) is 7.24. The van der Waals surface area contributed by atoms with Gasteiger partial charge in [-0.1, -0.05) is 0 Å². The molecule has 0 bridgehead atoms. The van der Waals surface area contributed by atoms with Gasteiger partial charge in [0.25, 0.3) is 5.56 Å². The van der Waals surface area contributed by atoms with Crippen LogP contribution in [0.4, 0.5) is 0 Å². The van der Waals surface area contributed by atoms with Crippen LogP contribution in [-0.4, -0.2) is 35.7 Å². The van der Waals surface area contributed by atoms with Crippen LogP contribution in [0.3, 0.4) is 0 Å². The second-order valence-electron chi connectivity index (χ2n) is 2.89. The molecule has 1 aromatic heterocycles. The molecule has 1 amide bonds. The molecule has 0 aliphatic rings. The fourth-order valence-corrected chi connectivity index (χ4v) is 1.00. The molecule has 1 N–H and O–H groups in total. The third-order valence-electron chi connectivity index (χ3n) is 1.73. The van der Waals surface area contributed by atoms with Gasteiger partial charge in [0, 0.05) is 25.9 Å². The summed E-state index contributed by atoms with van der Waals surface area (Å²) in [7, 11) is 1.55. The Morgan fingerprint density at radius 3 is 3.13 bits per heavy atom. The molecule has 1 heterocycles. The Kier molecular flexibility index (Phi) is 4.49. The van der Waals surface area contributed by atoms with Crippen molar-refractivity contribution < 1.29 is 9.53 Å². The number of hydrogen-bond acceptors (Lipinski definition) is 4. The minimum absolute atomic E-state index is 0.0175. The van der Waals surface area contributed by atoms with E-state index in [-0.39, 0.29) is 18.0 Å². The van der Waals surface area contributed by atoms with Crippen LogP contribution in [0, 0.1) is 0 Å². The minimum atomic E-state index is -0.244. The molecule has 0 aliphatic carbocycles. The zero-order valence-electron chi connectivity index (χ0n) is 8.47. The minimum Gasteiger partial charge on any atom is -0.383 e. The molecule has 0 saturated carbocycles. The maximum Gasteiger partial charge on any atom is 0.253 e. The average Bonchev–Trinajstić information content (AvgIpc) is 2.22. The summed E-state index contributed by atoms with van der Waals surface area (Å²) in [5, 5.41) is 2.61. The van der Waals surface area contributed by atoms with E-state index in [1.165, 1.54) is 23.2 Å². The van der Waals surface area contributed by atoms with E-state index in [1.54, 1.807) is 7.11 Å². The predicted molar refractivity (Wildman–Crippen MR) is 53.4 cm³/mol. The molecule has 0 aromatic carbocycles. The maximum absolute atomic E-state index is 11.3. The molecule has 0 aliphatic heterocycles. The van der Waals surface area contributed by atoms with E-state index in [1.807, 2.05) is 0 Å². The van der Waals surface area contributed by atoms with Crippen molar-refractivity contribution in [3.63, 3.8) is 0 Å². The summed E-state index contributed by atoms with van der Waals surface area (Å²) in [6, 6.07) is 1.31. The quantitative estimate of drug-likeness (QED) is 0.634. The number of carbonyl (C=O) groups is 1. The lowest BCUT2D eigenvalue weighted by Crippen LogP contribution is -2.33. The van der Waals surface area contributed by atoms with Crippen LogP contribution in [0.2, 0.25) is 0 Å². The number of methoxy groups -OCH3 is 1. The van der Waals surface area contributed by atoms with Crippen molar-refractivity contribution in [1.82, 2.24) is 14.9 Å². The summed E-state index contributed by atoms with van der Waals surface area (Å²) in [5.41, 5.74) is -0.244. The second-order valence-corrected chi connectivity index (χ2v) is 2.89. The summed E-state index contributed by atoms with van der Waals surface area (Å²) in [5.74, 6) is -0.234. The molecule has 0 saturated heterocycles. The van der Waals surface area contributed by atoms with E-state index < -0.39 is 0 Å². The van der Waals surface area contributed by atoms with E-state index in [2.05, 4.69) is 10.3 Å². The Bertz CT molecular complexity index is 375. The van der Waals surface area contributed by atoms with Crippen molar-refractivity contribution in [3.05, 3.63) is 28.9 Å². The molecule has 0 spiro atoms. The smallest absolute Gasteiger partial charge is 0.253 e. The molecule has 1 aromatic rings. The first-order valence-electron chi connectivity index (χ1n) is 4.50. The summed E-state index contributed by atoms with van der Waals surface area (Å²) in [4.78, 5) is 26.2. The van der Waals surface area contributed by atoms with Gasteiger partial charge in [-0.25, -0.2) is 4.98 Å². The number of amides is 1. The molecular weight excluding hydrogens is 198 g/mol. The van der Waals surface area contributed by atoms with Crippen molar-refractivity contribution in [2.75, 3.05) is 20.3 Å². The van der Waals surface area contributed by atoms with Crippen LogP contribution in [-0.2, 0) is 16.1 Å². The fourth-order valence-electron chi connectivity index (χ4n) is 1.00. The first-order valence-corrected chi connectivity index (χ1v) is 4.50. The Labute approximate surface area is 86.9 Å². The Morgan fingerprint density at radius 2 is 2.47 bits per heavy atom. The topological polar surface area (TPSA) is 73.2 Å². The predicted octanol–water partition coefficient (Wildman–Crippen LogP) is -0.994. The fraction of sp³-hybridized carbons (Fsp3) is 0.444. The molecule has 82 valence electrons. The summed E-state index contributed by atoms with van der Waals surface area (Å²) < 4.78 is 6.01. The molecule has 0 fully saturated rings. The van der Waals surface area contributed by atoms with Crippen molar-refractivity contribution >= 4 is 5.91 Å². The molecule has 6 nitrogen and oxygen atoms in total. The first kappa shape index (κ1) is 11.4. The van der Waals surface area contributed by atoms with Crippen LogP contribution in [0.1, 0.15) is 0 Å². The normalized spacial score (nSPS) is 9.93. The van der Waals surface area contributed by atoms with E-state index in [9.17, 15) is 9.59 Å². The van der Waals surface area contributed by atoms with E-state index in [4.69, 9.17) is 4.74 Å². The van der Waals surface area contributed by atoms with E-state index in [0.717, 1.165) is 0 Å². The molecular formula is C9H13N3O3. The summed E-state index contributed by atoms with van der Waals surface area (Å²) >= 11 is 0. The lowest BCUT2D eigenvalue weighted by molar-refractivity contribution is -0.121. The molecule has 6 heteroatoms.